The molecule has 0 spiro atoms. The number of hydrogen-bond donors (Lipinski definition) is 2. The Bertz CT molecular complexity index is 996. The van der Waals surface area contributed by atoms with Crippen molar-refractivity contribution >= 4 is 45.7 Å². The fraction of sp³-hybridized carbons (Fsp3) is 0.111. The maximum atomic E-state index is 13.1. The van der Waals surface area contributed by atoms with E-state index in [1.54, 1.807) is 30.3 Å². The summed E-state index contributed by atoms with van der Waals surface area (Å²) in [6.45, 7) is 0. The quantitative estimate of drug-likeness (QED) is 0.449. The van der Waals surface area contributed by atoms with Crippen molar-refractivity contribution in [1.82, 2.24) is 10.2 Å². The number of methoxy groups -OCH3 is 1. The lowest BCUT2D eigenvalue weighted by atomic mass is 10.2. The Morgan fingerprint density at radius 1 is 1.14 bits per heavy atom. The predicted octanol–water partition coefficient (Wildman–Crippen LogP) is 3.67. The number of thioether (sulfide) groups is 1. The minimum atomic E-state index is -0.426. The number of carbonyl (C=O) groups excluding carboxylic acids is 2. The van der Waals surface area contributed by atoms with E-state index in [4.69, 9.17) is 4.74 Å². The highest BCUT2D eigenvalue weighted by atomic mass is 32.2. The minimum absolute atomic E-state index is 0.0750. The fourth-order valence-electron chi connectivity index (χ4n) is 2.21. The Morgan fingerprint density at radius 3 is 2.75 bits per heavy atom. The molecule has 0 unspecified atom stereocenters. The predicted molar refractivity (Wildman–Crippen MR) is 107 cm³/mol. The van der Waals surface area contributed by atoms with Gasteiger partial charge in [-0.05, 0) is 30.3 Å². The van der Waals surface area contributed by atoms with Gasteiger partial charge in [0.05, 0.1) is 18.4 Å². The Balaban J connectivity index is 1.54. The Labute approximate surface area is 168 Å². The van der Waals surface area contributed by atoms with Crippen molar-refractivity contribution in [3.63, 3.8) is 0 Å². The molecule has 7 nitrogen and oxygen atoms in total. The number of nitrogens with one attached hydrogen (secondary N) is 2. The highest BCUT2D eigenvalue weighted by Crippen LogP contribution is 2.27. The van der Waals surface area contributed by atoms with Gasteiger partial charge in [-0.2, -0.15) is 0 Å². The molecule has 3 aromatic rings. The van der Waals surface area contributed by atoms with E-state index < -0.39 is 5.82 Å². The van der Waals surface area contributed by atoms with Crippen LogP contribution in [0.3, 0.4) is 0 Å². The van der Waals surface area contributed by atoms with E-state index in [1.165, 1.54) is 37.1 Å². The molecule has 2 N–H and O–H groups in total. The largest absolute Gasteiger partial charge is 0.496 e. The van der Waals surface area contributed by atoms with Gasteiger partial charge in [0.25, 0.3) is 5.91 Å². The SMILES string of the molecule is COc1ccccc1C(=O)Nc1nnc(SCC(=O)Nc2cccc(F)c2)s1. The van der Waals surface area contributed by atoms with Crippen molar-refractivity contribution in [1.29, 1.82) is 0 Å². The Kier molecular flexibility index (Phi) is 6.56. The van der Waals surface area contributed by atoms with E-state index in [0.717, 1.165) is 11.3 Å². The second-order valence-electron chi connectivity index (χ2n) is 5.37. The highest BCUT2D eigenvalue weighted by Gasteiger charge is 2.15. The number of nitrogens with zero attached hydrogens (tertiary/aromatic N) is 2. The van der Waals surface area contributed by atoms with Crippen molar-refractivity contribution < 1.29 is 18.7 Å². The molecule has 1 aromatic heterocycles. The first-order valence-electron chi connectivity index (χ1n) is 8.01. The van der Waals surface area contributed by atoms with Crippen LogP contribution in [0.25, 0.3) is 0 Å². The van der Waals surface area contributed by atoms with E-state index in [-0.39, 0.29) is 17.6 Å². The highest BCUT2D eigenvalue weighted by molar-refractivity contribution is 8.01. The molecule has 1 heterocycles. The molecule has 144 valence electrons. The van der Waals surface area contributed by atoms with Gasteiger partial charge in [-0.1, -0.05) is 41.3 Å². The van der Waals surface area contributed by atoms with Gasteiger partial charge < -0.3 is 10.1 Å². The van der Waals surface area contributed by atoms with Crippen LogP contribution < -0.4 is 15.4 Å². The van der Waals surface area contributed by atoms with E-state index >= 15 is 0 Å². The normalized spacial score (nSPS) is 10.4. The molecule has 0 saturated carbocycles. The van der Waals surface area contributed by atoms with Crippen molar-refractivity contribution in [2.45, 2.75) is 4.34 Å². The van der Waals surface area contributed by atoms with E-state index in [0.29, 0.717) is 26.5 Å². The van der Waals surface area contributed by atoms with Gasteiger partial charge in [0.2, 0.25) is 11.0 Å². The minimum Gasteiger partial charge on any atom is -0.496 e. The number of para-hydroxylation sites is 1. The molecular formula is C18H15FN4O3S2. The average molecular weight is 418 g/mol. The van der Waals surface area contributed by atoms with Crippen LogP contribution in [-0.4, -0.2) is 34.9 Å². The van der Waals surface area contributed by atoms with Crippen LogP contribution in [-0.2, 0) is 4.79 Å². The number of halogens is 1. The van der Waals surface area contributed by atoms with Crippen LogP contribution >= 0.6 is 23.1 Å². The molecule has 10 heteroatoms. The summed E-state index contributed by atoms with van der Waals surface area (Å²) in [5, 5.41) is 13.4. The standard InChI is InChI=1S/C18H15FN4O3S2/c1-26-14-8-3-2-7-13(14)16(25)21-17-22-23-18(28-17)27-10-15(24)20-12-6-4-5-11(19)9-12/h2-9H,10H2,1H3,(H,20,24)(H,21,22,25). The molecule has 0 saturated heterocycles. The van der Waals surface area contributed by atoms with Crippen LogP contribution in [0, 0.1) is 5.82 Å². The van der Waals surface area contributed by atoms with Crippen LogP contribution in [0.5, 0.6) is 5.75 Å². The van der Waals surface area contributed by atoms with Gasteiger partial charge in [-0.25, -0.2) is 4.39 Å². The van der Waals surface area contributed by atoms with Crippen LogP contribution in [0.2, 0.25) is 0 Å². The lowest BCUT2D eigenvalue weighted by Gasteiger charge is -2.06. The first-order valence-corrected chi connectivity index (χ1v) is 9.81. The van der Waals surface area contributed by atoms with Crippen LogP contribution in [0.15, 0.2) is 52.9 Å². The third-order valence-electron chi connectivity index (χ3n) is 3.41. The lowest BCUT2D eigenvalue weighted by Crippen LogP contribution is -2.13. The maximum absolute atomic E-state index is 13.1. The molecular weight excluding hydrogens is 403 g/mol. The first kappa shape index (κ1) is 19.8. The van der Waals surface area contributed by atoms with Crippen molar-refractivity contribution in [3.05, 3.63) is 59.9 Å². The second kappa shape index (κ2) is 9.29. The average Bonchev–Trinajstić information content (AvgIpc) is 3.13. The van der Waals surface area contributed by atoms with Gasteiger partial charge in [-0.3, -0.25) is 14.9 Å². The molecule has 0 bridgehead atoms. The third kappa shape index (κ3) is 5.27. The zero-order valence-corrected chi connectivity index (χ0v) is 16.3. The Morgan fingerprint density at radius 2 is 1.96 bits per heavy atom. The first-order chi connectivity index (χ1) is 13.5. The zero-order valence-electron chi connectivity index (χ0n) is 14.6. The molecule has 3 rings (SSSR count). The Hall–Kier alpha value is -2.98. The maximum Gasteiger partial charge on any atom is 0.261 e. The van der Waals surface area contributed by atoms with Crippen molar-refractivity contribution in [2.24, 2.45) is 0 Å². The summed E-state index contributed by atoms with van der Waals surface area (Å²) < 4.78 is 18.8. The fourth-order valence-corrected chi connectivity index (χ4v) is 3.75. The number of hydrogen-bond acceptors (Lipinski definition) is 7. The molecule has 0 fully saturated rings. The third-order valence-corrected chi connectivity index (χ3v) is 5.39. The number of anilines is 2. The molecule has 0 aliphatic heterocycles. The molecule has 2 amide bonds. The molecule has 28 heavy (non-hydrogen) atoms. The molecule has 2 aromatic carbocycles. The van der Waals surface area contributed by atoms with Gasteiger partial charge in [0, 0.05) is 5.69 Å². The summed E-state index contributed by atoms with van der Waals surface area (Å²) in [5.74, 6) is -0.566. The number of aromatic nitrogens is 2. The van der Waals surface area contributed by atoms with Crippen LogP contribution in [0.1, 0.15) is 10.4 Å². The number of benzene rings is 2. The summed E-state index contributed by atoms with van der Waals surface area (Å²) in [5.41, 5.74) is 0.761. The smallest absolute Gasteiger partial charge is 0.261 e. The monoisotopic (exact) mass is 418 g/mol. The lowest BCUT2D eigenvalue weighted by molar-refractivity contribution is -0.113. The number of amides is 2. The summed E-state index contributed by atoms with van der Waals surface area (Å²) in [7, 11) is 1.49. The van der Waals surface area contributed by atoms with Crippen molar-refractivity contribution in [2.75, 3.05) is 23.5 Å². The van der Waals surface area contributed by atoms with E-state index in [9.17, 15) is 14.0 Å². The number of carbonyl (C=O) groups is 2. The molecule has 0 radical (unpaired) electrons. The summed E-state index contributed by atoms with van der Waals surface area (Å²) >= 11 is 2.31. The van der Waals surface area contributed by atoms with Gasteiger partial charge in [0.1, 0.15) is 11.6 Å². The van der Waals surface area contributed by atoms with E-state index in [1.807, 2.05) is 0 Å². The number of rotatable bonds is 7. The molecule has 0 aliphatic rings. The molecule has 0 atom stereocenters. The summed E-state index contributed by atoms with van der Waals surface area (Å²) in [4.78, 5) is 24.3. The van der Waals surface area contributed by atoms with Crippen LogP contribution in [0.4, 0.5) is 15.2 Å². The van der Waals surface area contributed by atoms with Gasteiger partial charge in [0.15, 0.2) is 4.34 Å². The van der Waals surface area contributed by atoms with Crippen molar-refractivity contribution in [3.8, 4) is 5.75 Å². The second-order valence-corrected chi connectivity index (χ2v) is 7.57. The topological polar surface area (TPSA) is 93.2 Å². The van der Waals surface area contributed by atoms with E-state index in [2.05, 4.69) is 20.8 Å². The van der Waals surface area contributed by atoms with Gasteiger partial charge >= 0.3 is 0 Å². The number of ether oxygens (including phenoxy) is 1. The molecule has 0 aliphatic carbocycles. The summed E-state index contributed by atoms with van der Waals surface area (Å²) in [6.07, 6.45) is 0. The van der Waals surface area contributed by atoms with Gasteiger partial charge in [-0.15, -0.1) is 10.2 Å². The summed E-state index contributed by atoms with van der Waals surface area (Å²) in [6, 6.07) is 12.5. The zero-order chi connectivity index (χ0) is 19.9.